The van der Waals surface area contributed by atoms with Crippen LogP contribution in [0.2, 0.25) is 5.02 Å². The SMILES string of the molecule is NC(=O)C1CCN(C(=O)C2CCCN(Cc3ccc(Cl)cc3)C2)CC1. The van der Waals surface area contributed by atoms with Crippen LogP contribution >= 0.6 is 11.6 Å². The minimum atomic E-state index is -0.237. The predicted molar refractivity (Wildman–Crippen MR) is 98.0 cm³/mol. The molecule has 2 amide bonds. The summed E-state index contributed by atoms with van der Waals surface area (Å²) in [5.74, 6) is -0.00869. The number of carbonyl (C=O) groups excluding carboxylic acids is 2. The van der Waals surface area contributed by atoms with Gasteiger partial charge in [-0.1, -0.05) is 23.7 Å². The Balaban J connectivity index is 1.53. The standard InChI is InChI=1S/C19H26ClN3O2/c20-17-5-3-14(4-6-17)12-22-9-1-2-16(13-22)19(25)23-10-7-15(8-11-23)18(21)24/h3-6,15-16H,1-2,7-13H2,(H2,21,24). The normalized spacial score (nSPS) is 22.8. The van der Waals surface area contributed by atoms with Crippen molar-refractivity contribution in [1.29, 1.82) is 0 Å². The first kappa shape index (κ1) is 18.2. The van der Waals surface area contributed by atoms with Crippen LogP contribution in [0.25, 0.3) is 0 Å². The maximum absolute atomic E-state index is 12.8. The van der Waals surface area contributed by atoms with Crippen molar-refractivity contribution in [2.75, 3.05) is 26.2 Å². The molecule has 5 nitrogen and oxygen atoms in total. The molecule has 2 N–H and O–H groups in total. The second kappa shape index (κ2) is 8.19. The number of benzene rings is 1. The summed E-state index contributed by atoms with van der Waals surface area (Å²) in [6.07, 6.45) is 3.39. The lowest BCUT2D eigenvalue weighted by Gasteiger charge is -2.37. The minimum Gasteiger partial charge on any atom is -0.369 e. The van der Waals surface area contributed by atoms with Gasteiger partial charge in [-0.3, -0.25) is 14.5 Å². The molecule has 3 rings (SSSR count). The van der Waals surface area contributed by atoms with Crippen molar-refractivity contribution in [2.45, 2.75) is 32.2 Å². The van der Waals surface area contributed by atoms with Crippen molar-refractivity contribution >= 4 is 23.4 Å². The lowest BCUT2D eigenvalue weighted by molar-refractivity contribution is -0.140. The molecule has 1 unspecified atom stereocenters. The average Bonchev–Trinajstić information content (AvgIpc) is 2.63. The molecule has 2 aliphatic heterocycles. The van der Waals surface area contributed by atoms with Crippen molar-refractivity contribution in [2.24, 2.45) is 17.6 Å². The van der Waals surface area contributed by atoms with Crippen molar-refractivity contribution in [3.8, 4) is 0 Å². The number of hydrogen-bond acceptors (Lipinski definition) is 3. The number of halogens is 1. The van der Waals surface area contributed by atoms with Gasteiger partial charge >= 0.3 is 0 Å². The van der Waals surface area contributed by atoms with E-state index in [-0.39, 0.29) is 23.7 Å². The third kappa shape index (κ3) is 4.73. The van der Waals surface area contributed by atoms with E-state index in [2.05, 4.69) is 4.90 Å². The van der Waals surface area contributed by atoms with E-state index in [1.807, 2.05) is 29.2 Å². The molecule has 2 saturated heterocycles. The van der Waals surface area contributed by atoms with Crippen LogP contribution in [-0.2, 0) is 16.1 Å². The first-order valence-corrected chi connectivity index (χ1v) is 9.45. The van der Waals surface area contributed by atoms with E-state index < -0.39 is 0 Å². The van der Waals surface area contributed by atoms with Crippen molar-refractivity contribution in [3.63, 3.8) is 0 Å². The molecule has 0 spiro atoms. The molecule has 6 heteroatoms. The zero-order valence-electron chi connectivity index (χ0n) is 14.5. The Labute approximate surface area is 154 Å². The summed E-state index contributed by atoms with van der Waals surface area (Å²) in [6.45, 7) is 3.98. The quantitative estimate of drug-likeness (QED) is 0.892. The Morgan fingerprint density at radius 1 is 1.04 bits per heavy atom. The van der Waals surface area contributed by atoms with E-state index >= 15 is 0 Å². The van der Waals surface area contributed by atoms with Gasteiger partial charge in [0.05, 0.1) is 5.92 Å². The molecule has 0 aliphatic carbocycles. The summed E-state index contributed by atoms with van der Waals surface area (Å²) in [5.41, 5.74) is 6.60. The first-order valence-electron chi connectivity index (χ1n) is 9.08. The van der Waals surface area contributed by atoms with Crippen molar-refractivity contribution in [1.82, 2.24) is 9.80 Å². The van der Waals surface area contributed by atoms with E-state index in [4.69, 9.17) is 17.3 Å². The van der Waals surface area contributed by atoms with Crippen LogP contribution in [0.4, 0.5) is 0 Å². The third-order valence-corrected chi connectivity index (χ3v) is 5.64. The lowest BCUT2D eigenvalue weighted by atomic mass is 9.92. The molecule has 0 aromatic heterocycles. The molecule has 1 aromatic carbocycles. The Morgan fingerprint density at radius 2 is 1.72 bits per heavy atom. The maximum Gasteiger partial charge on any atom is 0.226 e. The van der Waals surface area contributed by atoms with Crippen molar-refractivity contribution < 1.29 is 9.59 Å². The van der Waals surface area contributed by atoms with Gasteiger partial charge in [-0.25, -0.2) is 0 Å². The van der Waals surface area contributed by atoms with Gasteiger partial charge in [0.25, 0.3) is 0 Å². The van der Waals surface area contributed by atoms with Crippen LogP contribution < -0.4 is 5.73 Å². The summed E-state index contributed by atoms with van der Waals surface area (Å²) in [7, 11) is 0. The Bertz CT molecular complexity index is 612. The first-order chi connectivity index (χ1) is 12.0. The number of likely N-dealkylation sites (tertiary alicyclic amines) is 2. The van der Waals surface area contributed by atoms with E-state index in [1.165, 1.54) is 5.56 Å². The fourth-order valence-electron chi connectivity index (χ4n) is 3.89. The van der Waals surface area contributed by atoms with E-state index in [9.17, 15) is 9.59 Å². The molecule has 0 bridgehead atoms. The Kier molecular flexibility index (Phi) is 5.97. The van der Waals surface area contributed by atoms with Crippen LogP contribution in [0.3, 0.4) is 0 Å². The zero-order chi connectivity index (χ0) is 17.8. The summed E-state index contributed by atoms with van der Waals surface area (Å²) in [6, 6.07) is 7.91. The number of hydrogen-bond donors (Lipinski definition) is 1. The molecule has 136 valence electrons. The highest BCUT2D eigenvalue weighted by molar-refractivity contribution is 6.30. The molecule has 1 aromatic rings. The van der Waals surface area contributed by atoms with Gasteiger partial charge in [0.1, 0.15) is 0 Å². The van der Waals surface area contributed by atoms with E-state index in [0.29, 0.717) is 25.9 Å². The summed E-state index contributed by atoms with van der Waals surface area (Å²) < 4.78 is 0. The summed E-state index contributed by atoms with van der Waals surface area (Å²) in [5, 5.41) is 0.745. The van der Waals surface area contributed by atoms with Crippen LogP contribution in [0.1, 0.15) is 31.2 Å². The molecular weight excluding hydrogens is 338 g/mol. The van der Waals surface area contributed by atoms with Crippen LogP contribution in [0, 0.1) is 11.8 Å². The number of carbonyl (C=O) groups is 2. The van der Waals surface area contributed by atoms with Gasteiger partial charge in [-0.15, -0.1) is 0 Å². The number of primary amides is 1. The van der Waals surface area contributed by atoms with Gasteiger partial charge in [0, 0.05) is 37.1 Å². The number of amides is 2. The monoisotopic (exact) mass is 363 g/mol. The molecular formula is C19H26ClN3O2. The summed E-state index contributed by atoms with van der Waals surface area (Å²) in [4.78, 5) is 28.4. The van der Waals surface area contributed by atoms with Gasteiger partial charge in [0.15, 0.2) is 0 Å². The maximum atomic E-state index is 12.8. The second-order valence-corrected chi connectivity index (χ2v) is 7.64. The molecule has 0 radical (unpaired) electrons. The fourth-order valence-corrected chi connectivity index (χ4v) is 4.02. The smallest absolute Gasteiger partial charge is 0.226 e. The average molecular weight is 364 g/mol. The molecule has 0 saturated carbocycles. The van der Waals surface area contributed by atoms with Crippen molar-refractivity contribution in [3.05, 3.63) is 34.9 Å². The number of nitrogens with two attached hydrogens (primary N) is 1. The Morgan fingerprint density at radius 3 is 2.36 bits per heavy atom. The lowest BCUT2D eigenvalue weighted by Crippen LogP contribution is -2.48. The molecule has 25 heavy (non-hydrogen) atoms. The van der Waals surface area contributed by atoms with Gasteiger partial charge in [0.2, 0.25) is 11.8 Å². The highest BCUT2D eigenvalue weighted by Crippen LogP contribution is 2.24. The van der Waals surface area contributed by atoms with Gasteiger partial charge in [-0.2, -0.15) is 0 Å². The molecule has 2 aliphatic rings. The van der Waals surface area contributed by atoms with E-state index in [0.717, 1.165) is 37.5 Å². The van der Waals surface area contributed by atoms with Crippen LogP contribution in [0.5, 0.6) is 0 Å². The number of rotatable bonds is 4. The number of piperidine rings is 2. The van der Waals surface area contributed by atoms with Crippen LogP contribution in [-0.4, -0.2) is 47.8 Å². The van der Waals surface area contributed by atoms with Gasteiger partial charge < -0.3 is 10.6 Å². The zero-order valence-corrected chi connectivity index (χ0v) is 15.3. The molecule has 2 fully saturated rings. The second-order valence-electron chi connectivity index (χ2n) is 7.20. The fraction of sp³-hybridized carbons (Fsp3) is 0.579. The highest BCUT2D eigenvalue weighted by atomic mass is 35.5. The van der Waals surface area contributed by atoms with Crippen LogP contribution in [0.15, 0.2) is 24.3 Å². The molecule has 1 atom stereocenters. The third-order valence-electron chi connectivity index (χ3n) is 5.38. The van der Waals surface area contributed by atoms with Gasteiger partial charge in [-0.05, 0) is 49.9 Å². The Hall–Kier alpha value is -1.59. The summed E-state index contributed by atoms with van der Waals surface area (Å²) >= 11 is 5.94. The molecule has 2 heterocycles. The number of nitrogens with zero attached hydrogens (tertiary/aromatic N) is 2. The largest absolute Gasteiger partial charge is 0.369 e. The highest BCUT2D eigenvalue weighted by Gasteiger charge is 2.32. The minimum absolute atomic E-state index is 0.0613. The van der Waals surface area contributed by atoms with E-state index in [1.54, 1.807) is 0 Å². The predicted octanol–water partition coefficient (Wildman–Crippen LogP) is 2.28. The topological polar surface area (TPSA) is 66.6 Å².